The Morgan fingerprint density at radius 3 is 2.72 bits per heavy atom. The lowest BCUT2D eigenvalue weighted by Gasteiger charge is -2.30. The quantitative estimate of drug-likeness (QED) is 0.518. The molecule has 0 unspecified atom stereocenters. The van der Waals surface area contributed by atoms with Gasteiger partial charge in [0.05, 0.1) is 17.3 Å². The van der Waals surface area contributed by atoms with Gasteiger partial charge < -0.3 is 10.6 Å². The van der Waals surface area contributed by atoms with E-state index in [2.05, 4.69) is 35.0 Å². The van der Waals surface area contributed by atoms with Gasteiger partial charge in [0, 0.05) is 13.1 Å². The molecule has 0 amide bonds. The van der Waals surface area contributed by atoms with Gasteiger partial charge in [-0.1, -0.05) is 6.07 Å². The van der Waals surface area contributed by atoms with E-state index in [0.29, 0.717) is 5.84 Å². The summed E-state index contributed by atoms with van der Waals surface area (Å²) in [6.07, 6.45) is 3.83. The van der Waals surface area contributed by atoms with Crippen molar-refractivity contribution in [3.8, 4) is 0 Å². The number of nitrogens with two attached hydrogens (primary N) is 1. The molecule has 1 aliphatic rings. The van der Waals surface area contributed by atoms with Crippen LogP contribution in [0.2, 0.25) is 0 Å². The summed E-state index contributed by atoms with van der Waals surface area (Å²) in [6.45, 7) is 4.27. The number of halogens is 1. The molecule has 1 fully saturated rings. The predicted octanol–water partition coefficient (Wildman–Crippen LogP) is 3.21. The van der Waals surface area contributed by atoms with E-state index in [4.69, 9.17) is 17.3 Å². The molecule has 0 saturated carbocycles. The van der Waals surface area contributed by atoms with Crippen molar-refractivity contribution in [3.05, 3.63) is 23.8 Å². The number of benzene rings is 1. The number of hydrogen-bond acceptors (Lipinski definition) is 2. The third kappa shape index (κ3) is 3.16. The first-order valence-electron chi connectivity index (χ1n) is 6.45. The second-order valence-electron chi connectivity index (χ2n) is 4.78. The van der Waals surface area contributed by atoms with Gasteiger partial charge in [-0.25, -0.2) is 4.99 Å². The molecule has 1 saturated heterocycles. The molecule has 1 heterocycles. The average Bonchev–Trinajstić information content (AvgIpc) is 2.40. The minimum absolute atomic E-state index is 0.271. The van der Waals surface area contributed by atoms with Gasteiger partial charge in [-0.15, -0.1) is 11.6 Å². The molecule has 98 valence electrons. The third-order valence-electron chi connectivity index (χ3n) is 3.23. The van der Waals surface area contributed by atoms with Crippen LogP contribution in [-0.4, -0.2) is 24.8 Å². The molecule has 1 aromatic carbocycles. The highest BCUT2D eigenvalue weighted by Gasteiger charge is 2.14. The van der Waals surface area contributed by atoms with E-state index in [1.54, 1.807) is 0 Å². The zero-order valence-corrected chi connectivity index (χ0v) is 11.6. The van der Waals surface area contributed by atoms with Gasteiger partial charge >= 0.3 is 0 Å². The van der Waals surface area contributed by atoms with Crippen LogP contribution in [0.15, 0.2) is 23.2 Å². The zero-order valence-electron chi connectivity index (χ0n) is 10.8. The molecule has 0 bridgehead atoms. The molecular formula is C14H20ClN3. The summed E-state index contributed by atoms with van der Waals surface area (Å²) < 4.78 is 0. The number of alkyl halides is 1. The van der Waals surface area contributed by atoms with Gasteiger partial charge in [0.2, 0.25) is 0 Å². The number of anilines is 1. The third-order valence-corrected chi connectivity index (χ3v) is 3.50. The molecule has 0 aromatic heterocycles. The maximum Gasteiger partial charge on any atom is 0.115 e. The molecule has 2 rings (SSSR count). The molecule has 2 N–H and O–H groups in total. The van der Waals surface area contributed by atoms with Crippen molar-refractivity contribution < 1.29 is 0 Å². The van der Waals surface area contributed by atoms with Crippen LogP contribution >= 0.6 is 11.6 Å². The van der Waals surface area contributed by atoms with Crippen LogP contribution in [-0.2, 0) is 0 Å². The number of nitrogens with zero attached hydrogens (tertiary/aromatic N) is 2. The summed E-state index contributed by atoms with van der Waals surface area (Å²) in [7, 11) is 0. The molecule has 1 aliphatic heterocycles. The molecule has 18 heavy (non-hydrogen) atoms. The summed E-state index contributed by atoms with van der Waals surface area (Å²) >= 11 is 5.71. The first-order valence-corrected chi connectivity index (χ1v) is 6.99. The molecule has 3 nitrogen and oxygen atoms in total. The monoisotopic (exact) mass is 265 g/mol. The van der Waals surface area contributed by atoms with E-state index < -0.39 is 0 Å². The lowest BCUT2D eigenvalue weighted by atomic mass is 10.1. The minimum Gasteiger partial charge on any atom is -0.386 e. The van der Waals surface area contributed by atoms with E-state index in [1.165, 1.54) is 30.5 Å². The Labute approximate surface area is 114 Å². The van der Waals surface area contributed by atoms with Crippen molar-refractivity contribution in [3.63, 3.8) is 0 Å². The maximum absolute atomic E-state index is 5.75. The molecule has 0 spiro atoms. The normalized spacial score (nSPS) is 17.0. The van der Waals surface area contributed by atoms with Gasteiger partial charge in [0.15, 0.2) is 0 Å². The molecule has 0 atom stereocenters. The fraction of sp³-hybridized carbons (Fsp3) is 0.500. The Hall–Kier alpha value is -1.22. The van der Waals surface area contributed by atoms with E-state index >= 15 is 0 Å². The Kier molecular flexibility index (Phi) is 4.48. The highest BCUT2D eigenvalue weighted by atomic mass is 35.5. The fourth-order valence-corrected chi connectivity index (χ4v) is 2.37. The summed E-state index contributed by atoms with van der Waals surface area (Å²) in [5.74, 6) is 0.744. The lowest BCUT2D eigenvalue weighted by molar-refractivity contribution is 0.578. The average molecular weight is 266 g/mol. The van der Waals surface area contributed by atoms with Crippen LogP contribution in [0.1, 0.15) is 24.8 Å². The van der Waals surface area contributed by atoms with E-state index in [9.17, 15) is 0 Å². The fourth-order valence-electron chi connectivity index (χ4n) is 2.31. The molecule has 1 aromatic rings. The van der Waals surface area contributed by atoms with Crippen LogP contribution in [0, 0.1) is 6.92 Å². The van der Waals surface area contributed by atoms with Crippen molar-refractivity contribution in [2.75, 3.05) is 23.9 Å². The van der Waals surface area contributed by atoms with Crippen LogP contribution in [0.4, 0.5) is 11.4 Å². The van der Waals surface area contributed by atoms with Crippen molar-refractivity contribution in [1.82, 2.24) is 0 Å². The second kappa shape index (κ2) is 6.10. The van der Waals surface area contributed by atoms with E-state index in [-0.39, 0.29) is 5.88 Å². The van der Waals surface area contributed by atoms with Crippen molar-refractivity contribution in [2.45, 2.75) is 26.2 Å². The topological polar surface area (TPSA) is 41.6 Å². The van der Waals surface area contributed by atoms with Crippen LogP contribution in [0.3, 0.4) is 0 Å². The number of aryl methyl sites for hydroxylation is 1. The highest BCUT2D eigenvalue weighted by molar-refractivity contribution is 6.28. The lowest BCUT2D eigenvalue weighted by Crippen LogP contribution is -2.29. The predicted molar refractivity (Wildman–Crippen MR) is 79.2 cm³/mol. The van der Waals surface area contributed by atoms with Gasteiger partial charge in [-0.3, -0.25) is 0 Å². The summed E-state index contributed by atoms with van der Waals surface area (Å²) in [4.78, 5) is 6.83. The number of aliphatic imine (C=N–C) groups is 1. The Morgan fingerprint density at radius 2 is 2.06 bits per heavy atom. The zero-order chi connectivity index (χ0) is 13.0. The van der Waals surface area contributed by atoms with E-state index in [0.717, 1.165) is 18.8 Å². The van der Waals surface area contributed by atoms with Gasteiger partial charge in [-0.05, 0) is 43.9 Å². The first-order chi connectivity index (χ1) is 8.70. The summed E-state index contributed by atoms with van der Waals surface area (Å²) in [5.41, 5.74) is 9.06. The number of hydrogen-bond donors (Lipinski definition) is 1. The SMILES string of the molecule is Cc1ccc(N2CCCCC2)c(N=C(N)CCl)c1. The maximum atomic E-state index is 5.75. The molecule has 0 aliphatic carbocycles. The standard InChI is InChI=1S/C14H20ClN3/c1-11-5-6-13(18-7-3-2-4-8-18)12(9-11)17-14(16)10-15/h5-6,9H,2-4,7-8,10H2,1H3,(H2,16,17). The second-order valence-corrected chi connectivity index (χ2v) is 5.04. The van der Waals surface area contributed by atoms with Crippen molar-refractivity contribution >= 4 is 28.8 Å². The van der Waals surface area contributed by atoms with Crippen molar-refractivity contribution in [2.24, 2.45) is 10.7 Å². The molecular weight excluding hydrogens is 246 g/mol. The summed E-state index contributed by atoms with van der Waals surface area (Å²) in [6, 6.07) is 6.34. The van der Waals surface area contributed by atoms with Gasteiger partial charge in [-0.2, -0.15) is 0 Å². The Morgan fingerprint density at radius 1 is 1.33 bits per heavy atom. The smallest absolute Gasteiger partial charge is 0.115 e. The minimum atomic E-state index is 0.271. The number of piperidine rings is 1. The Balaban J connectivity index is 2.33. The highest BCUT2D eigenvalue weighted by Crippen LogP contribution is 2.31. The van der Waals surface area contributed by atoms with E-state index in [1.807, 2.05) is 0 Å². The Bertz CT molecular complexity index is 437. The van der Waals surface area contributed by atoms with Gasteiger partial charge in [0.25, 0.3) is 0 Å². The first kappa shape index (κ1) is 13.2. The number of amidine groups is 1. The molecule has 0 radical (unpaired) electrons. The largest absolute Gasteiger partial charge is 0.386 e. The summed E-state index contributed by atoms with van der Waals surface area (Å²) in [5, 5.41) is 0. The molecule has 4 heteroatoms. The number of rotatable bonds is 3. The van der Waals surface area contributed by atoms with Crippen LogP contribution < -0.4 is 10.6 Å². The van der Waals surface area contributed by atoms with Crippen molar-refractivity contribution in [1.29, 1.82) is 0 Å². The van der Waals surface area contributed by atoms with Gasteiger partial charge in [0.1, 0.15) is 5.84 Å². The van der Waals surface area contributed by atoms with Crippen LogP contribution in [0.5, 0.6) is 0 Å². The van der Waals surface area contributed by atoms with Crippen LogP contribution in [0.25, 0.3) is 0 Å².